The molecule has 3 saturated carbocycles. The normalized spacial score (nSPS) is 55.7. The highest BCUT2D eigenvalue weighted by atomic mass is 14.6. The maximum absolute atomic E-state index is 2.67. The molecule has 0 nitrogen and oxygen atoms in total. The molecule has 0 saturated heterocycles. The van der Waals surface area contributed by atoms with E-state index >= 15 is 0 Å². The first kappa shape index (κ1) is 14.3. The maximum atomic E-state index is 2.67. The van der Waals surface area contributed by atoms with Crippen LogP contribution in [-0.2, 0) is 0 Å². The van der Waals surface area contributed by atoms with Crippen molar-refractivity contribution in [3.63, 3.8) is 0 Å². The van der Waals surface area contributed by atoms with Crippen LogP contribution in [0.25, 0.3) is 0 Å². The van der Waals surface area contributed by atoms with Gasteiger partial charge in [-0.1, -0.05) is 39.3 Å². The molecule has 0 aromatic rings. The van der Waals surface area contributed by atoms with Crippen molar-refractivity contribution in [2.45, 2.75) is 78.6 Å². The Labute approximate surface area is 131 Å². The molecule has 0 amide bonds. The van der Waals surface area contributed by atoms with Gasteiger partial charge >= 0.3 is 0 Å². The molecule has 0 N–H and O–H groups in total. The number of hydrogen-bond donors (Lipinski definition) is 0. The van der Waals surface area contributed by atoms with Crippen LogP contribution < -0.4 is 0 Å². The molecule has 1 unspecified atom stereocenters. The molecule has 4 rings (SSSR count). The second kappa shape index (κ2) is 4.87. The minimum Gasteiger partial charge on any atom is -0.0882 e. The number of rotatable bonds is 1. The van der Waals surface area contributed by atoms with E-state index in [9.17, 15) is 0 Å². The molecule has 4 aliphatic carbocycles. The summed E-state index contributed by atoms with van der Waals surface area (Å²) in [5.41, 5.74) is 1.34. The van der Waals surface area contributed by atoms with Crippen molar-refractivity contribution in [1.82, 2.24) is 0 Å². The Kier molecular flexibility index (Phi) is 3.32. The third kappa shape index (κ3) is 1.86. The fourth-order valence-corrected chi connectivity index (χ4v) is 7.61. The zero-order valence-corrected chi connectivity index (χ0v) is 14.4. The lowest BCUT2D eigenvalue weighted by atomic mass is 9.45. The van der Waals surface area contributed by atoms with Crippen molar-refractivity contribution < 1.29 is 0 Å². The third-order valence-corrected chi connectivity index (χ3v) is 8.85. The van der Waals surface area contributed by atoms with Crippen LogP contribution in [0.1, 0.15) is 78.6 Å². The Morgan fingerprint density at radius 1 is 0.905 bits per heavy atom. The van der Waals surface area contributed by atoms with E-state index in [1.165, 1.54) is 51.4 Å². The average Bonchev–Trinajstić information content (AvgIpc) is 2.83. The Bertz CT molecular complexity index is 435. The highest BCUT2D eigenvalue weighted by Gasteiger charge is 2.58. The quantitative estimate of drug-likeness (QED) is 0.502. The lowest BCUT2D eigenvalue weighted by molar-refractivity contribution is -0.0908. The SMILES string of the molecule is CC[C@H]1CC[C@H]2[C@@H]3CCC4C=CCC[C@]4(C)[C@H]3CC[C@]12C. The van der Waals surface area contributed by atoms with E-state index < -0.39 is 0 Å². The van der Waals surface area contributed by atoms with Gasteiger partial charge in [0.15, 0.2) is 0 Å². The van der Waals surface area contributed by atoms with Crippen molar-refractivity contribution in [2.24, 2.45) is 40.4 Å². The maximum Gasteiger partial charge on any atom is -0.0177 e. The summed E-state index contributed by atoms with van der Waals surface area (Å²) < 4.78 is 0. The third-order valence-electron chi connectivity index (χ3n) is 8.85. The van der Waals surface area contributed by atoms with Crippen molar-refractivity contribution in [3.05, 3.63) is 12.2 Å². The van der Waals surface area contributed by atoms with Crippen LogP contribution in [0, 0.1) is 40.4 Å². The molecule has 0 aromatic heterocycles. The van der Waals surface area contributed by atoms with E-state index in [0.29, 0.717) is 10.8 Å². The van der Waals surface area contributed by atoms with Crippen LogP contribution in [0.2, 0.25) is 0 Å². The molecule has 0 heteroatoms. The fourth-order valence-electron chi connectivity index (χ4n) is 7.61. The largest absolute Gasteiger partial charge is 0.0882 e. The molecular formula is C21H34. The summed E-state index contributed by atoms with van der Waals surface area (Å²) in [6.45, 7) is 7.77. The van der Waals surface area contributed by atoms with E-state index in [1.807, 2.05) is 0 Å². The summed E-state index contributed by atoms with van der Waals surface area (Å²) in [7, 11) is 0. The predicted octanol–water partition coefficient (Wildman–Crippen LogP) is 6.22. The van der Waals surface area contributed by atoms with Crippen LogP contribution in [0.4, 0.5) is 0 Å². The van der Waals surface area contributed by atoms with Crippen LogP contribution in [0.5, 0.6) is 0 Å². The fraction of sp³-hybridized carbons (Fsp3) is 0.905. The molecule has 0 bridgehead atoms. The first-order valence-electron chi connectivity index (χ1n) is 9.76. The Balaban J connectivity index is 1.64. The standard InChI is InChI=1S/C21H34/c1-4-15-9-11-18-17-10-8-16-7-5-6-13-20(16,2)19(17)12-14-21(15,18)3/h5,7,15-19H,4,6,8-14H2,1-3H3/t15-,16?,17-,18-,19-,20-,21+/m0/s1. The van der Waals surface area contributed by atoms with Crippen molar-refractivity contribution in [3.8, 4) is 0 Å². The molecule has 0 radical (unpaired) electrons. The molecule has 0 spiro atoms. The minimum absolute atomic E-state index is 0.642. The van der Waals surface area contributed by atoms with Gasteiger partial charge in [0.25, 0.3) is 0 Å². The molecule has 0 aliphatic heterocycles. The van der Waals surface area contributed by atoms with E-state index in [4.69, 9.17) is 0 Å². The number of hydrogen-bond acceptors (Lipinski definition) is 0. The first-order valence-corrected chi connectivity index (χ1v) is 9.76. The summed E-state index contributed by atoms with van der Waals surface area (Å²) in [6, 6.07) is 0. The monoisotopic (exact) mass is 286 g/mol. The highest BCUT2D eigenvalue weighted by Crippen LogP contribution is 2.67. The number of fused-ring (bicyclic) bond motifs is 5. The lowest BCUT2D eigenvalue weighted by Gasteiger charge is -2.59. The van der Waals surface area contributed by atoms with Crippen molar-refractivity contribution in [2.75, 3.05) is 0 Å². The zero-order valence-electron chi connectivity index (χ0n) is 14.4. The van der Waals surface area contributed by atoms with Gasteiger partial charge in [0.1, 0.15) is 0 Å². The molecule has 0 heterocycles. The van der Waals surface area contributed by atoms with Gasteiger partial charge in [-0.3, -0.25) is 0 Å². The summed E-state index contributed by atoms with van der Waals surface area (Å²) in [6.07, 6.45) is 18.5. The predicted molar refractivity (Wildman–Crippen MR) is 90.0 cm³/mol. The molecule has 0 aromatic carbocycles. The van der Waals surface area contributed by atoms with E-state index in [2.05, 4.69) is 32.9 Å². The van der Waals surface area contributed by atoms with Crippen molar-refractivity contribution >= 4 is 0 Å². The van der Waals surface area contributed by atoms with Crippen LogP contribution >= 0.6 is 0 Å². The first-order chi connectivity index (χ1) is 10.1. The van der Waals surface area contributed by atoms with Gasteiger partial charge in [-0.05, 0) is 91.8 Å². The Hall–Kier alpha value is -0.260. The van der Waals surface area contributed by atoms with Gasteiger partial charge in [-0.15, -0.1) is 0 Å². The molecule has 118 valence electrons. The van der Waals surface area contributed by atoms with Crippen LogP contribution in [0.3, 0.4) is 0 Å². The molecule has 4 aliphatic rings. The summed E-state index contributed by atoms with van der Waals surface area (Å²) >= 11 is 0. The van der Waals surface area contributed by atoms with Gasteiger partial charge < -0.3 is 0 Å². The smallest absolute Gasteiger partial charge is 0.0177 e. The average molecular weight is 287 g/mol. The second-order valence-corrected chi connectivity index (χ2v) is 9.26. The van der Waals surface area contributed by atoms with E-state index in [-0.39, 0.29) is 0 Å². The summed E-state index contributed by atoms with van der Waals surface area (Å²) in [5.74, 6) is 5.09. The van der Waals surface area contributed by atoms with E-state index in [1.54, 1.807) is 6.42 Å². The summed E-state index contributed by atoms with van der Waals surface area (Å²) in [4.78, 5) is 0. The molecule has 7 atom stereocenters. The molecule has 21 heavy (non-hydrogen) atoms. The van der Waals surface area contributed by atoms with Gasteiger partial charge in [0.05, 0.1) is 0 Å². The zero-order chi connectivity index (χ0) is 14.7. The van der Waals surface area contributed by atoms with Crippen LogP contribution in [0.15, 0.2) is 12.2 Å². The number of allylic oxidation sites excluding steroid dienone is 2. The molecule has 3 fully saturated rings. The highest BCUT2D eigenvalue weighted by molar-refractivity contribution is 5.13. The van der Waals surface area contributed by atoms with Crippen LogP contribution in [-0.4, -0.2) is 0 Å². The Morgan fingerprint density at radius 3 is 2.52 bits per heavy atom. The lowest BCUT2D eigenvalue weighted by Crippen LogP contribution is -2.52. The Morgan fingerprint density at radius 2 is 1.71 bits per heavy atom. The van der Waals surface area contributed by atoms with Gasteiger partial charge in [0, 0.05) is 0 Å². The van der Waals surface area contributed by atoms with Gasteiger partial charge in [-0.25, -0.2) is 0 Å². The second-order valence-electron chi connectivity index (χ2n) is 9.26. The van der Waals surface area contributed by atoms with Gasteiger partial charge in [0.2, 0.25) is 0 Å². The molecular weight excluding hydrogens is 252 g/mol. The summed E-state index contributed by atoms with van der Waals surface area (Å²) in [5, 5.41) is 0. The van der Waals surface area contributed by atoms with Gasteiger partial charge in [-0.2, -0.15) is 0 Å². The van der Waals surface area contributed by atoms with E-state index in [0.717, 1.165) is 29.6 Å². The van der Waals surface area contributed by atoms with Crippen molar-refractivity contribution in [1.29, 1.82) is 0 Å². The topological polar surface area (TPSA) is 0 Å². The minimum atomic E-state index is 0.642.